The molecule has 0 atom stereocenters. The first-order chi connectivity index (χ1) is 9.02. The third-order valence-corrected chi connectivity index (χ3v) is 3.01. The number of rotatable bonds is 3. The molecule has 98 valence electrons. The lowest BCUT2D eigenvalue weighted by molar-refractivity contribution is 0.0696. The van der Waals surface area contributed by atoms with Crippen molar-refractivity contribution in [2.24, 2.45) is 0 Å². The first-order valence-electron chi connectivity index (χ1n) is 6.01. The number of aromatic carboxylic acids is 1. The molecule has 2 aromatic rings. The van der Waals surface area contributed by atoms with E-state index < -0.39 is 11.8 Å². The number of pyridine rings is 1. The van der Waals surface area contributed by atoms with Gasteiger partial charge in [-0.05, 0) is 48.7 Å². The maximum absolute atomic E-state index is 13.6. The number of nitrogens with zero attached hydrogens (tertiary/aromatic N) is 1. The van der Waals surface area contributed by atoms with Gasteiger partial charge in [-0.2, -0.15) is 0 Å². The summed E-state index contributed by atoms with van der Waals surface area (Å²) in [5, 5.41) is 8.99. The van der Waals surface area contributed by atoms with Crippen molar-refractivity contribution in [2.75, 3.05) is 0 Å². The molecule has 1 heterocycles. The molecule has 0 bridgehead atoms. The molecule has 0 aliphatic heterocycles. The van der Waals surface area contributed by atoms with E-state index in [0.29, 0.717) is 12.0 Å². The fraction of sp³-hybridized carbons (Fsp3) is 0.200. The van der Waals surface area contributed by atoms with E-state index in [4.69, 9.17) is 5.11 Å². The Labute approximate surface area is 110 Å². The van der Waals surface area contributed by atoms with Crippen molar-refractivity contribution >= 4 is 5.97 Å². The second-order valence-corrected chi connectivity index (χ2v) is 4.34. The van der Waals surface area contributed by atoms with E-state index in [0.717, 1.165) is 22.9 Å². The minimum atomic E-state index is -1.14. The molecule has 1 N–H and O–H groups in total. The van der Waals surface area contributed by atoms with Crippen LogP contribution in [0.2, 0.25) is 0 Å². The monoisotopic (exact) mass is 259 g/mol. The second-order valence-electron chi connectivity index (χ2n) is 4.34. The highest BCUT2D eigenvalue weighted by Gasteiger charge is 2.13. The van der Waals surface area contributed by atoms with Gasteiger partial charge in [0.1, 0.15) is 5.82 Å². The van der Waals surface area contributed by atoms with Gasteiger partial charge in [-0.1, -0.05) is 6.92 Å². The molecule has 1 aromatic carbocycles. The van der Waals surface area contributed by atoms with E-state index >= 15 is 0 Å². The van der Waals surface area contributed by atoms with Gasteiger partial charge < -0.3 is 5.11 Å². The molecule has 0 aliphatic carbocycles. The van der Waals surface area contributed by atoms with Crippen molar-refractivity contribution in [3.05, 3.63) is 53.1 Å². The number of hydrogen-bond donors (Lipinski definition) is 1. The topological polar surface area (TPSA) is 50.2 Å². The third kappa shape index (κ3) is 2.62. The van der Waals surface area contributed by atoms with Gasteiger partial charge in [0, 0.05) is 17.5 Å². The molecule has 3 nitrogen and oxygen atoms in total. The standard InChI is InChI=1S/C15H14FNO2/c1-3-13-14(9(2)4-5-17-13)10-6-11(15(18)19)8-12(16)7-10/h4-8H,3H2,1-2H3,(H,18,19). The van der Waals surface area contributed by atoms with Crippen LogP contribution < -0.4 is 0 Å². The molecule has 2 rings (SSSR count). The fourth-order valence-corrected chi connectivity index (χ4v) is 2.13. The minimum absolute atomic E-state index is 0.0553. The summed E-state index contributed by atoms with van der Waals surface area (Å²) in [5.74, 6) is -1.69. The summed E-state index contributed by atoms with van der Waals surface area (Å²) in [6, 6.07) is 5.67. The number of halogens is 1. The summed E-state index contributed by atoms with van der Waals surface area (Å²) < 4.78 is 13.6. The summed E-state index contributed by atoms with van der Waals surface area (Å²) in [5.41, 5.74) is 3.10. The zero-order valence-corrected chi connectivity index (χ0v) is 10.8. The summed E-state index contributed by atoms with van der Waals surface area (Å²) in [6.07, 6.45) is 2.41. The van der Waals surface area contributed by atoms with Crippen molar-refractivity contribution in [1.29, 1.82) is 0 Å². The molecule has 4 heteroatoms. The zero-order valence-electron chi connectivity index (χ0n) is 10.8. The Kier molecular flexibility index (Phi) is 3.60. The van der Waals surface area contributed by atoms with Gasteiger partial charge in [-0.25, -0.2) is 9.18 Å². The number of carbonyl (C=O) groups is 1. The van der Waals surface area contributed by atoms with Gasteiger partial charge in [0.05, 0.1) is 5.56 Å². The Bertz CT molecular complexity index is 638. The van der Waals surface area contributed by atoms with Crippen molar-refractivity contribution in [3.63, 3.8) is 0 Å². The molecule has 0 spiro atoms. The average molecular weight is 259 g/mol. The SMILES string of the molecule is CCc1nccc(C)c1-c1cc(F)cc(C(=O)O)c1. The summed E-state index contributed by atoms with van der Waals surface area (Å²) in [4.78, 5) is 15.3. The van der Waals surface area contributed by atoms with Gasteiger partial charge in [0.2, 0.25) is 0 Å². The van der Waals surface area contributed by atoms with E-state index in [9.17, 15) is 9.18 Å². The van der Waals surface area contributed by atoms with Crippen LogP contribution in [0.3, 0.4) is 0 Å². The minimum Gasteiger partial charge on any atom is -0.478 e. The van der Waals surface area contributed by atoms with Crippen molar-refractivity contribution in [3.8, 4) is 11.1 Å². The van der Waals surface area contributed by atoms with E-state index in [1.54, 1.807) is 6.20 Å². The molecule has 1 aromatic heterocycles. The Morgan fingerprint density at radius 3 is 2.74 bits per heavy atom. The third-order valence-electron chi connectivity index (χ3n) is 3.01. The highest BCUT2D eigenvalue weighted by molar-refractivity contribution is 5.89. The van der Waals surface area contributed by atoms with Crippen LogP contribution in [0.5, 0.6) is 0 Å². The van der Waals surface area contributed by atoms with Crippen molar-refractivity contribution in [1.82, 2.24) is 4.98 Å². The smallest absolute Gasteiger partial charge is 0.335 e. The van der Waals surface area contributed by atoms with Gasteiger partial charge in [0.15, 0.2) is 0 Å². The number of carboxylic acid groups (broad SMARTS) is 1. The largest absolute Gasteiger partial charge is 0.478 e. The van der Waals surface area contributed by atoms with Gasteiger partial charge in [-0.15, -0.1) is 0 Å². The lowest BCUT2D eigenvalue weighted by atomic mass is 9.96. The molecule has 0 fully saturated rings. The zero-order chi connectivity index (χ0) is 14.0. The van der Waals surface area contributed by atoms with Crippen molar-refractivity contribution < 1.29 is 14.3 Å². The Morgan fingerprint density at radius 1 is 1.37 bits per heavy atom. The Hall–Kier alpha value is -2.23. The molecule has 0 unspecified atom stereocenters. The number of benzene rings is 1. The summed E-state index contributed by atoms with van der Waals surface area (Å²) >= 11 is 0. The van der Waals surface area contributed by atoms with Crippen LogP contribution in [0.4, 0.5) is 4.39 Å². The molecule has 0 amide bonds. The normalized spacial score (nSPS) is 10.5. The number of aryl methyl sites for hydroxylation is 2. The van der Waals surface area contributed by atoms with Gasteiger partial charge in [0.25, 0.3) is 0 Å². The fourth-order valence-electron chi connectivity index (χ4n) is 2.13. The van der Waals surface area contributed by atoms with Gasteiger partial charge >= 0.3 is 5.97 Å². The molecule has 0 saturated heterocycles. The molecular formula is C15H14FNO2. The maximum atomic E-state index is 13.6. The van der Waals surface area contributed by atoms with Crippen LogP contribution in [0, 0.1) is 12.7 Å². The van der Waals surface area contributed by atoms with Crippen LogP contribution in [-0.2, 0) is 6.42 Å². The van der Waals surface area contributed by atoms with E-state index in [1.165, 1.54) is 12.1 Å². The highest BCUT2D eigenvalue weighted by atomic mass is 19.1. The van der Waals surface area contributed by atoms with E-state index in [1.807, 2.05) is 19.9 Å². The van der Waals surface area contributed by atoms with Crippen LogP contribution in [0.1, 0.15) is 28.5 Å². The van der Waals surface area contributed by atoms with Crippen LogP contribution in [0.25, 0.3) is 11.1 Å². The molecule has 0 saturated carbocycles. The van der Waals surface area contributed by atoms with Crippen LogP contribution >= 0.6 is 0 Å². The quantitative estimate of drug-likeness (QED) is 0.918. The predicted molar refractivity (Wildman–Crippen MR) is 70.7 cm³/mol. The number of hydrogen-bond acceptors (Lipinski definition) is 2. The molecule has 19 heavy (non-hydrogen) atoms. The summed E-state index contributed by atoms with van der Waals surface area (Å²) in [7, 11) is 0. The lowest BCUT2D eigenvalue weighted by Gasteiger charge is -2.11. The van der Waals surface area contributed by atoms with E-state index in [2.05, 4.69) is 4.98 Å². The first-order valence-corrected chi connectivity index (χ1v) is 6.01. The number of aromatic nitrogens is 1. The Balaban J connectivity index is 2.68. The second kappa shape index (κ2) is 5.18. The lowest BCUT2D eigenvalue weighted by Crippen LogP contribution is -2.00. The van der Waals surface area contributed by atoms with Gasteiger partial charge in [-0.3, -0.25) is 4.98 Å². The first kappa shape index (κ1) is 13.2. The highest BCUT2D eigenvalue weighted by Crippen LogP contribution is 2.28. The van der Waals surface area contributed by atoms with Crippen molar-refractivity contribution in [2.45, 2.75) is 20.3 Å². The van der Waals surface area contributed by atoms with E-state index in [-0.39, 0.29) is 5.56 Å². The maximum Gasteiger partial charge on any atom is 0.335 e. The average Bonchev–Trinajstić information content (AvgIpc) is 2.37. The van der Waals surface area contributed by atoms with Crippen LogP contribution in [0.15, 0.2) is 30.5 Å². The molecular weight excluding hydrogens is 245 g/mol. The molecule has 0 radical (unpaired) electrons. The Morgan fingerprint density at radius 2 is 2.11 bits per heavy atom. The molecule has 0 aliphatic rings. The number of carboxylic acids is 1. The summed E-state index contributed by atoms with van der Waals surface area (Å²) in [6.45, 7) is 3.87. The predicted octanol–water partition coefficient (Wildman–Crippen LogP) is 3.46. The van der Waals surface area contributed by atoms with Crippen LogP contribution in [-0.4, -0.2) is 16.1 Å².